The molecule has 0 heterocycles. The van der Waals surface area contributed by atoms with E-state index in [0.29, 0.717) is 4.47 Å². The molecule has 0 amide bonds. The first kappa shape index (κ1) is 13.8. The second-order valence-corrected chi connectivity index (χ2v) is 4.93. The lowest BCUT2D eigenvalue weighted by Crippen LogP contribution is -1.93. The summed E-state index contributed by atoms with van der Waals surface area (Å²) in [5.74, 6) is -0.370. The summed E-state index contributed by atoms with van der Waals surface area (Å²) >= 11 is 8.80. The van der Waals surface area contributed by atoms with Gasteiger partial charge in [0, 0.05) is 21.6 Å². The fourth-order valence-electron chi connectivity index (χ4n) is 1.43. The van der Waals surface area contributed by atoms with E-state index >= 15 is 0 Å². The lowest BCUT2D eigenvalue weighted by molar-refractivity contribution is -0.385. The van der Waals surface area contributed by atoms with Crippen molar-refractivity contribution in [1.29, 1.82) is 0 Å². The van der Waals surface area contributed by atoms with Crippen LogP contribution in [0.15, 0.2) is 40.9 Å². The molecule has 0 saturated carbocycles. The standard InChI is InChI=1S/C12H6BrClFNO3/c13-7-3-9(15)6-10(4-7)19-12-2-1-8(14)5-11(12)16(17)18/h1-6H. The number of nitro groups is 1. The number of halogens is 3. The van der Waals surface area contributed by atoms with Crippen molar-refractivity contribution < 1.29 is 14.1 Å². The summed E-state index contributed by atoms with van der Waals surface area (Å²) < 4.78 is 19.0. The van der Waals surface area contributed by atoms with Crippen LogP contribution in [0.1, 0.15) is 0 Å². The van der Waals surface area contributed by atoms with Gasteiger partial charge in [-0.1, -0.05) is 27.5 Å². The Kier molecular flexibility index (Phi) is 4.01. The Morgan fingerprint density at radius 1 is 1.26 bits per heavy atom. The molecule has 2 aromatic carbocycles. The van der Waals surface area contributed by atoms with E-state index in [9.17, 15) is 14.5 Å². The lowest BCUT2D eigenvalue weighted by atomic mass is 10.3. The van der Waals surface area contributed by atoms with Crippen molar-refractivity contribution in [3.63, 3.8) is 0 Å². The van der Waals surface area contributed by atoms with Crippen LogP contribution in [-0.4, -0.2) is 4.92 Å². The maximum atomic E-state index is 13.2. The SMILES string of the molecule is O=[N+]([O-])c1cc(Cl)ccc1Oc1cc(F)cc(Br)c1. The van der Waals surface area contributed by atoms with Crippen molar-refractivity contribution in [3.05, 3.63) is 61.8 Å². The molecular formula is C12H6BrClFNO3. The highest BCUT2D eigenvalue weighted by Crippen LogP contribution is 2.34. The third-order valence-corrected chi connectivity index (χ3v) is 2.87. The molecule has 2 aromatic rings. The Hall–Kier alpha value is -1.66. The molecule has 0 unspecified atom stereocenters. The van der Waals surface area contributed by atoms with Crippen molar-refractivity contribution in [3.8, 4) is 11.5 Å². The Labute approximate surface area is 121 Å². The number of hydrogen-bond donors (Lipinski definition) is 0. The first-order chi connectivity index (χ1) is 8.95. The fraction of sp³-hybridized carbons (Fsp3) is 0. The van der Waals surface area contributed by atoms with E-state index < -0.39 is 10.7 Å². The molecule has 0 radical (unpaired) electrons. The number of ether oxygens (including phenoxy) is 1. The van der Waals surface area contributed by atoms with Gasteiger partial charge in [0.15, 0.2) is 0 Å². The molecule has 2 rings (SSSR count). The van der Waals surface area contributed by atoms with Gasteiger partial charge < -0.3 is 4.74 Å². The maximum absolute atomic E-state index is 13.2. The highest BCUT2D eigenvalue weighted by molar-refractivity contribution is 9.10. The quantitative estimate of drug-likeness (QED) is 0.584. The summed E-state index contributed by atoms with van der Waals surface area (Å²) in [6.07, 6.45) is 0. The van der Waals surface area contributed by atoms with Gasteiger partial charge in [0.2, 0.25) is 5.75 Å². The Balaban J connectivity index is 2.40. The van der Waals surface area contributed by atoms with E-state index in [1.807, 2.05) is 0 Å². The minimum absolute atomic E-state index is 0.00750. The molecular weight excluding hydrogens is 340 g/mol. The molecule has 0 aliphatic heterocycles. The van der Waals surface area contributed by atoms with Crippen molar-refractivity contribution in [1.82, 2.24) is 0 Å². The number of nitro benzene ring substituents is 1. The zero-order valence-electron chi connectivity index (χ0n) is 9.27. The average molecular weight is 347 g/mol. The highest BCUT2D eigenvalue weighted by Gasteiger charge is 2.16. The minimum atomic E-state index is -0.616. The summed E-state index contributed by atoms with van der Waals surface area (Å²) in [6, 6.07) is 7.87. The van der Waals surface area contributed by atoms with E-state index in [1.165, 1.54) is 30.3 Å². The third kappa shape index (κ3) is 3.42. The minimum Gasteiger partial charge on any atom is -0.450 e. The molecule has 0 spiro atoms. The molecule has 0 aliphatic rings. The zero-order valence-corrected chi connectivity index (χ0v) is 11.6. The second kappa shape index (κ2) is 5.54. The van der Waals surface area contributed by atoms with Crippen molar-refractivity contribution in [2.24, 2.45) is 0 Å². The summed E-state index contributed by atoms with van der Waals surface area (Å²) in [7, 11) is 0. The number of hydrogen-bond acceptors (Lipinski definition) is 3. The lowest BCUT2D eigenvalue weighted by Gasteiger charge is -2.07. The van der Waals surface area contributed by atoms with Crippen molar-refractivity contribution in [2.45, 2.75) is 0 Å². The summed E-state index contributed by atoms with van der Waals surface area (Å²) in [5.41, 5.74) is -0.284. The smallest absolute Gasteiger partial charge is 0.313 e. The molecule has 98 valence electrons. The van der Waals surface area contributed by atoms with Gasteiger partial charge in [0.25, 0.3) is 0 Å². The molecule has 19 heavy (non-hydrogen) atoms. The van der Waals surface area contributed by atoms with Gasteiger partial charge in [-0.05, 0) is 24.3 Å². The highest BCUT2D eigenvalue weighted by atomic mass is 79.9. The zero-order chi connectivity index (χ0) is 14.0. The van der Waals surface area contributed by atoms with Crippen LogP contribution in [0.3, 0.4) is 0 Å². The number of nitrogens with zero attached hydrogens (tertiary/aromatic N) is 1. The van der Waals surface area contributed by atoms with Gasteiger partial charge >= 0.3 is 5.69 Å². The number of rotatable bonds is 3. The Morgan fingerprint density at radius 2 is 2.00 bits per heavy atom. The first-order valence-corrected chi connectivity index (χ1v) is 6.20. The van der Waals surface area contributed by atoms with Crippen LogP contribution < -0.4 is 4.74 Å². The van der Waals surface area contributed by atoms with E-state index in [0.717, 1.165) is 6.07 Å². The summed E-state index contributed by atoms with van der Waals surface area (Å²) in [4.78, 5) is 10.3. The van der Waals surface area contributed by atoms with Crippen LogP contribution >= 0.6 is 27.5 Å². The van der Waals surface area contributed by atoms with Crippen LogP contribution in [0.4, 0.5) is 10.1 Å². The van der Waals surface area contributed by atoms with Crippen LogP contribution in [0.25, 0.3) is 0 Å². The van der Waals surface area contributed by atoms with Gasteiger partial charge in [-0.15, -0.1) is 0 Å². The molecule has 0 aliphatic carbocycles. The second-order valence-electron chi connectivity index (χ2n) is 3.58. The molecule has 7 heteroatoms. The van der Waals surface area contributed by atoms with Gasteiger partial charge in [-0.3, -0.25) is 10.1 Å². The topological polar surface area (TPSA) is 52.4 Å². The van der Waals surface area contributed by atoms with E-state index in [2.05, 4.69) is 15.9 Å². The number of benzene rings is 2. The fourth-order valence-corrected chi connectivity index (χ4v) is 2.04. The maximum Gasteiger partial charge on any atom is 0.313 e. The predicted octanol–water partition coefficient (Wildman–Crippen LogP) is 4.94. The molecule has 0 bridgehead atoms. The molecule has 4 nitrogen and oxygen atoms in total. The monoisotopic (exact) mass is 345 g/mol. The normalized spacial score (nSPS) is 10.3. The largest absolute Gasteiger partial charge is 0.450 e. The van der Waals surface area contributed by atoms with Crippen LogP contribution in [0.2, 0.25) is 5.02 Å². The molecule has 0 fully saturated rings. The third-order valence-electron chi connectivity index (χ3n) is 2.18. The molecule has 0 atom stereocenters. The summed E-state index contributed by atoms with van der Waals surface area (Å²) in [6.45, 7) is 0. The Morgan fingerprint density at radius 3 is 2.63 bits per heavy atom. The Bertz CT molecular complexity index is 631. The predicted molar refractivity (Wildman–Crippen MR) is 72.3 cm³/mol. The molecule has 0 saturated heterocycles. The first-order valence-electron chi connectivity index (χ1n) is 5.03. The van der Waals surface area contributed by atoms with Crippen molar-refractivity contribution in [2.75, 3.05) is 0 Å². The van der Waals surface area contributed by atoms with Crippen LogP contribution in [-0.2, 0) is 0 Å². The average Bonchev–Trinajstić information content (AvgIpc) is 2.30. The van der Waals surface area contributed by atoms with Gasteiger partial charge in [0.1, 0.15) is 11.6 Å². The van der Waals surface area contributed by atoms with Gasteiger partial charge in [0.05, 0.1) is 4.92 Å². The van der Waals surface area contributed by atoms with Gasteiger partial charge in [-0.25, -0.2) is 4.39 Å². The van der Waals surface area contributed by atoms with Crippen LogP contribution in [0.5, 0.6) is 11.5 Å². The van der Waals surface area contributed by atoms with E-state index in [-0.39, 0.29) is 22.2 Å². The van der Waals surface area contributed by atoms with Gasteiger partial charge in [-0.2, -0.15) is 0 Å². The van der Waals surface area contributed by atoms with Crippen LogP contribution in [0, 0.1) is 15.9 Å². The van der Waals surface area contributed by atoms with Crippen molar-refractivity contribution >= 4 is 33.2 Å². The van der Waals surface area contributed by atoms with E-state index in [1.54, 1.807) is 0 Å². The summed E-state index contributed by atoms with van der Waals surface area (Å²) in [5, 5.41) is 11.1. The molecule has 0 aromatic heterocycles. The molecule has 0 N–H and O–H groups in total. The van der Waals surface area contributed by atoms with E-state index in [4.69, 9.17) is 16.3 Å².